The highest BCUT2D eigenvalue weighted by Gasteiger charge is 2.31. The molecule has 2 aromatic rings. The number of carbonyl (C=O) groups excluding carboxylic acids is 2. The molecule has 1 heterocycles. The van der Waals surface area contributed by atoms with Gasteiger partial charge < -0.3 is 10.1 Å². The van der Waals surface area contributed by atoms with Crippen LogP contribution in [-0.2, 0) is 22.4 Å². The van der Waals surface area contributed by atoms with Gasteiger partial charge >= 0.3 is 5.97 Å². The van der Waals surface area contributed by atoms with Crippen LogP contribution in [0, 0.1) is 17.2 Å². The van der Waals surface area contributed by atoms with Gasteiger partial charge in [0.1, 0.15) is 5.54 Å². The van der Waals surface area contributed by atoms with Crippen molar-refractivity contribution in [2.24, 2.45) is 5.92 Å². The van der Waals surface area contributed by atoms with Crippen molar-refractivity contribution in [3.05, 3.63) is 41.1 Å². The van der Waals surface area contributed by atoms with E-state index in [2.05, 4.69) is 16.4 Å². The summed E-state index contributed by atoms with van der Waals surface area (Å²) in [4.78, 5) is 29.7. The fourth-order valence-corrected chi connectivity index (χ4v) is 3.27. The first kappa shape index (κ1) is 18.8. The largest absolute Gasteiger partial charge is 0.452 e. The van der Waals surface area contributed by atoms with Gasteiger partial charge in [-0.25, -0.2) is 4.79 Å². The zero-order chi connectivity index (χ0) is 19.6. The molecule has 0 saturated heterocycles. The van der Waals surface area contributed by atoms with Crippen LogP contribution in [0.25, 0.3) is 10.9 Å². The van der Waals surface area contributed by atoms with E-state index in [1.165, 1.54) is 0 Å². The summed E-state index contributed by atoms with van der Waals surface area (Å²) in [6.45, 7) is 4.93. The van der Waals surface area contributed by atoms with E-state index >= 15 is 0 Å². The highest BCUT2D eigenvalue weighted by atomic mass is 16.5. The second-order valence-electron chi connectivity index (χ2n) is 7.38. The number of hydrogen-bond acceptors (Lipinski definition) is 5. The number of aromatic nitrogens is 1. The van der Waals surface area contributed by atoms with Crippen LogP contribution < -0.4 is 5.32 Å². The molecule has 0 fully saturated rings. The third-order valence-corrected chi connectivity index (χ3v) is 5.24. The molecule has 0 saturated carbocycles. The fourth-order valence-electron chi connectivity index (χ4n) is 3.27. The molecule has 1 atom stereocenters. The molecule has 1 N–H and O–H groups in total. The van der Waals surface area contributed by atoms with Crippen molar-refractivity contribution in [1.29, 1.82) is 5.26 Å². The van der Waals surface area contributed by atoms with Gasteiger partial charge in [0.25, 0.3) is 5.91 Å². The number of hydrogen-bond donors (Lipinski definition) is 1. The lowest BCUT2D eigenvalue weighted by Gasteiger charge is -2.27. The molecule has 1 aliphatic carbocycles. The van der Waals surface area contributed by atoms with E-state index in [0.29, 0.717) is 5.56 Å². The average Bonchev–Trinajstić information content (AvgIpc) is 3.11. The standard InChI is InChI=1S/C21H23N3O3/c1-13(2)21(3,12-22)24-18(25)11-27-20(26)19-14-7-4-5-9-16(14)23-17-10-6-8-15(17)19/h4-5,7,9,13H,6,8,10-11H2,1-3H3,(H,24,25)/t21-/m1/s1. The van der Waals surface area contributed by atoms with Crippen molar-refractivity contribution in [3.8, 4) is 6.07 Å². The molecular weight excluding hydrogens is 342 g/mol. The minimum atomic E-state index is -1.01. The van der Waals surface area contributed by atoms with Crippen molar-refractivity contribution in [2.45, 2.75) is 45.6 Å². The maximum Gasteiger partial charge on any atom is 0.339 e. The van der Waals surface area contributed by atoms with Crippen LogP contribution >= 0.6 is 0 Å². The Morgan fingerprint density at radius 3 is 2.78 bits per heavy atom. The Kier molecular flexibility index (Phi) is 5.13. The quantitative estimate of drug-likeness (QED) is 0.823. The van der Waals surface area contributed by atoms with E-state index in [-0.39, 0.29) is 5.92 Å². The van der Waals surface area contributed by atoms with Gasteiger partial charge in [0.05, 0.1) is 17.1 Å². The van der Waals surface area contributed by atoms with E-state index in [0.717, 1.165) is 41.4 Å². The van der Waals surface area contributed by atoms with E-state index in [4.69, 9.17) is 4.74 Å². The molecule has 1 aliphatic rings. The smallest absolute Gasteiger partial charge is 0.339 e. The zero-order valence-corrected chi connectivity index (χ0v) is 15.8. The molecule has 0 spiro atoms. The van der Waals surface area contributed by atoms with Crippen molar-refractivity contribution in [2.75, 3.05) is 6.61 Å². The normalized spacial score (nSPS) is 15.1. The lowest BCUT2D eigenvalue weighted by Crippen LogP contribution is -2.50. The molecule has 0 aliphatic heterocycles. The van der Waals surface area contributed by atoms with Gasteiger partial charge in [0.15, 0.2) is 6.61 Å². The van der Waals surface area contributed by atoms with Crippen molar-refractivity contribution in [1.82, 2.24) is 10.3 Å². The van der Waals surface area contributed by atoms with E-state index < -0.39 is 24.0 Å². The fraction of sp³-hybridized carbons (Fsp3) is 0.429. The molecule has 1 aromatic carbocycles. The highest BCUT2D eigenvalue weighted by molar-refractivity contribution is 6.05. The predicted molar refractivity (Wildman–Crippen MR) is 101 cm³/mol. The van der Waals surface area contributed by atoms with Gasteiger partial charge in [-0.05, 0) is 43.7 Å². The van der Waals surface area contributed by atoms with Crippen LogP contribution in [0.1, 0.15) is 48.8 Å². The Labute approximate surface area is 158 Å². The Hall–Kier alpha value is -2.94. The molecule has 6 nitrogen and oxygen atoms in total. The summed E-state index contributed by atoms with van der Waals surface area (Å²) in [6, 6.07) is 9.57. The molecule has 1 amide bonds. The Balaban J connectivity index is 1.80. The first-order valence-corrected chi connectivity index (χ1v) is 9.15. The summed E-state index contributed by atoms with van der Waals surface area (Å²) in [7, 11) is 0. The number of nitrogens with zero attached hydrogens (tertiary/aromatic N) is 2. The average molecular weight is 365 g/mol. The van der Waals surface area contributed by atoms with Crippen LogP contribution in [0.3, 0.4) is 0 Å². The molecule has 0 radical (unpaired) electrons. The number of rotatable bonds is 5. The maximum atomic E-state index is 12.8. The number of fused-ring (bicyclic) bond motifs is 2. The second kappa shape index (κ2) is 7.36. The van der Waals surface area contributed by atoms with Crippen LogP contribution in [-0.4, -0.2) is 29.0 Å². The van der Waals surface area contributed by atoms with Gasteiger partial charge in [-0.2, -0.15) is 5.26 Å². The molecule has 0 unspecified atom stereocenters. The third kappa shape index (κ3) is 3.63. The Morgan fingerprint density at radius 2 is 2.07 bits per heavy atom. The minimum Gasteiger partial charge on any atom is -0.452 e. The topological polar surface area (TPSA) is 92.1 Å². The lowest BCUT2D eigenvalue weighted by atomic mass is 9.90. The lowest BCUT2D eigenvalue weighted by molar-refractivity contribution is -0.125. The van der Waals surface area contributed by atoms with Gasteiger partial charge in [-0.1, -0.05) is 32.0 Å². The summed E-state index contributed by atoms with van der Waals surface area (Å²) in [5.41, 5.74) is 2.11. The second-order valence-corrected chi connectivity index (χ2v) is 7.38. The summed E-state index contributed by atoms with van der Waals surface area (Å²) >= 11 is 0. The third-order valence-electron chi connectivity index (χ3n) is 5.24. The predicted octanol–water partition coefficient (Wildman–Crippen LogP) is 2.93. The number of esters is 1. The summed E-state index contributed by atoms with van der Waals surface area (Å²) in [5.74, 6) is -1.09. The number of aryl methyl sites for hydroxylation is 1. The van der Waals surface area contributed by atoms with Gasteiger partial charge in [0, 0.05) is 11.1 Å². The number of carbonyl (C=O) groups is 2. The van der Waals surface area contributed by atoms with Crippen LogP contribution in [0.2, 0.25) is 0 Å². The van der Waals surface area contributed by atoms with E-state index in [9.17, 15) is 14.9 Å². The number of amides is 1. The molecule has 6 heteroatoms. The van der Waals surface area contributed by atoms with E-state index in [1.807, 2.05) is 38.1 Å². The van der Waals surface area contributed by atoms with Crippen molar-refractivity contribution < 1.29 is 14.3 Å². The van der Waals surface area contributed by atoms with Crippen molar-refractivity contribution in [3.63, 3.8) is 0 Å². The van der Waals surface area contributed by atoms with Gasteiger partial charge in [-0.3, -0.25) is 9.78 Å². The number of pyridine rings is 1. The molecule has 1 aromatic heterocycles. The van der Waals surface area contributed by atoms with Crippen molar-refractivity contribution >= 4 is 22.8 Å². The highest BCUT2D eigenvalue weighted by Crippen LogP contribution is 2.30. The molecule has 140 valence electrons. The molecule has 0 bridgehead atoms. The van der Waals surface area contributed by atoms with Crippen LogP contribution in [0.4, 0.5) is 0 Å². The summed E-state index contributed by atoms with van der Waals surface area (Å²) < 4.78 is 5.31. The monoisotopic (exact) mass is 365 g/mol. The number of benzene rings is 1. The maximum absolute atomic E-state index is 12.8. The minimum absolute atomic E-state index is 0.0745. The Bertz CT molecular complexity index is 946. The van der Waals surface area contributed by atoms with Crippen LogP contribution in [0.15, 0.2) is 24.3 Å². The molecular formula is C21H23N3O3. The van der Waals surface area contributed by atoms with Crippen LogP contribution in [0.5, 0.6) is 0 Å². The number of nitrogens with one attached hydrogen (secondary N) is 1. The first-order chi connectivity index (χ1) is 12.9. The Morgan fingerprint density at radius 1 is 1.33 bits per heavy atom. The first-order valence-electron chi connectivity index (χ1n) is 9.15. The molecule has 3 rings (SSSR count). The number of para-hydroxylation sites is 1. The number of nitriles is 1. The van der Waals surface area contributed by atoms with E-state index in [1.54, 1.807) is 6.92 Å². The zero-order valence-electron chi connectivity index (χ0n) is 15.8. The van der Waals surface area contributed by atoms with Gasteiger partial charge in [-0.15, -0.1) is 0 Å². The summed E-state index contributed by atoms with van der Waals surface area (Å²) in [5, 5.41) is 12.7. The summed E-state index contributed by atoms with van der Waals surface area (Å²) in [6.07, 6.45) is 2.58. The number of ether oxygens (including phenoxy) is 1. The molecule has 27 heavy (non-hydrogen) atoms. The van der Waals surface area contributed by atoms with Gasteiger partial charge in [0.2, 0.25) is 0 Å². The SMILES string of the molecule is CC(C)[C@@](C)(C#N)NC(=O)COC(=O)c1c2c(nc3ccccc13)CCC2.